The van der Waals surface area contributed by atoms with Crippen molar-refractivity contribution in [1.82, 2.24) is 20.5 Å². The SMILES string of the molecule is CCCCc1ccc(CC(=O)NCCc2ncn[nH]2)cc1. The highest BCUT2D eigenvalue weighted by molar-refractivity contribution is 5.78. The van der Waals surface area contributed by atoms with Crippen molar-refractivity contribution in [3.63, 3.8) is 0 Å². The molecule has 0 spiro atoms. The van der Waals surface area contributed by atoms with Gasteiger partial charge in [0.25, 0.3) is 0 Å². The molecule has 2 aromatic rings. The van der Waals surface area contributed by atoms with Crippen molar-refractivity contribution in [3.05, 3.63) is 47.5 Å². The van der Waals surface area contributed by atoms with Crippen LogP contribution in [0.15, 0.2) is 30.6 Å². The van der Waals surface area contributed by atoms with Gasteiger partial charge in [-0.15, -0.1) is 0 Å². The van der Waals surface area contributed by atoms with Gasteiger partial charge in [-0.2, -0.15) is 5.10 Å². The number of aromatic amines is 1. The molecule has 2 rings (SSSR count). The van der Waals surface area contributed by atoms with Crippen LogP contribution in [-0.2, 0) is 24.1 Å². The number of hydrogen-bond acceptors (Lipinski definition) is 3. The lowest BCUT2D eigenvalue weighted by Crippen LogP contribution is -2.27. The molecule has 1 amide bonds. The van der Waals surface area contributed by atoms with Crippen molar-refractivity contribution in [1.29, 1.82) is 0 Å². The van der Waals surface area contributed by atoms with Gasteiger partial charge in [-0.1, -0.05) is 37.6 Å². The van der Waals surface area contributed by atoms with E-state index in [4.69, 9.17) is 0 Å². The third-order valence-corrected chi connectivity index (χ3v) is 3.36. The third kappa shape index (κ3) is 5.38. The Morgan fingerprint density at radius 3 is 2.62 bits per heavy atom. The molecule has 0 aliphatic heterocycles. The van der Waals surface area contributed by atoms with E-state index < -0.39 is 0 Å². The molecule has 2 N–H and O–H groups in total. The summed E-state index contributed by atoms with van der Waals surface area (Å²) in [6, 6.07) is 8.32. The van der Waals surface area contributed by atoms with Crippen molar-refractivity contribution in [3.8, 4) is 0 Å². The highest BCUT2D eigenvalue weighted by Crippen LogP contribution is 2.08. The van der Waals surface area contributed by atoms with Gasteiger partial charge in [-0.3, -0.25) is 9.89 Å². The Hall–Kier alpha value is -2.17. The molecule has 5 heteroatoms. The number of nitrogens with one attached hydrogen (secondary N) is 2. The van der Waals surface area contributed by atoms with E-state index in [9.17, 15) is 4.79 Å². The topological polar surface area (TPSA) is 70.7 Å². The molecule has 21 heavy (non-hydrogen) atoms. The molecule has 1 aromatic carbocycles. The standard InChI is InChI=1S/C16H22N4O/c1-2-3-4-13-5-7-14(8-6-13)11-16(21)17-10-9-15-18-12-19-20-15/h5-8,12H,2-4,9-11H2,1H3,(H,17,21)(H,18,19,20). The summed E-state index contributed by atoms with van der Waals surface area (Å²) in [6.07, 6.45) is 6.08. The van der Waals surface area contributed by atoms with E-state index >= 15 is 0 Å². The highest BCUT2D eigenvalue weighted by Gasteiger charge is 2.04. The van der Waals surface area contributed by atoms with E-state index in [1.165, 1.54) is 24.7 Å². The fourth-order valence-electron chi connectivity index (χ4n) is 2.12. The van der Waals surface area contributed by atoms with Crippen LogP contribution in [-0.4, -0.2) is 27.6 Å². The first-order chi connectivity index (χ1) is 10.3. The third-order valence-electron chi connectivity index (χ3n) is 3.36. The molecule has 112 valence electrons. The fraction of sp³-hybridized carbons (Fsp3) is 0.438. The maximum Gasteiger partial charge on any atom is 0.224 e. The number of benzene rings is 1. The highest BCUT2D eigenvalue weighted by atomic mass is 16.1. The van der Waals surface area contributed by atoms with Crippen LogP contribution >= 0.6 is 0 Å². The summed E-state index contributed by atoms with van der Waals surface area (Å²) in [5.41, 5.74) is 2.39. The number of unbranched alkanes of at least 4 members (excludes halogenated alkanes) is 1. The van der Waals surface area contributed by atoms with E-state index in [1.807, 2.05) is 12.1 Å². The zero-order valence-corrected chi connectivity index (χ0v) is 12.4. The minimum absolute atomic E-state index is 0.0378. The number of aryl methyl sites for hydroxylation is 1. The molecule has 0 fully saturated rings. The van der Waals surface area contributed by atoms with Crippen LogP contribution in [0.2, 0.25) is 0 Å². The Morgan fingerprint density at radius 1 is 1.19 bits per heavy atom. The van der Waals surface area contributed by atoms with Gasteiger partial charge in [-0.05, 0) is 24.0 Å². The average Bonchev–Trinajstić information content (AvgIpc) is 3.00. The molecule has 5 nitrogen and oxygen atoms in total. The summed E-state index contributed by atoms with van der Waals surface area (Å²) in [4.78, 5) is 15.9. The Kier molecular flexibility index (Phi) is 5.94. The first kappa shape index (κ1) is 15.2. The molecule has 0 atom stereocenters. The van der Waals surface area contributed by atoms with Gasteiger partial charge in [0.05, 0.1) is 6.42 Å². The second kappa shape index (κ2) is 8.19. The Morgan fingerprint density at radius 2 is 1.95 bits per heavy atom. The van der Waals surface area contributed by atoms with Crippen molar-refractivity contribution >= 4 is 5.91 Å². The fourth-order valence-corrected chi connectivity index (χ4v) is 2.12. The summed E-state index contributed by atoms with van der Waals surface area (Å²) in [6.45, 7) is 2.76. The van der Waals surface area contributed by atoms with Gasteiger partial charge >= 0.3 is 0 Å². The number of rotatable bonds is 8. The monoisotopic (exact) mass is 286 g/mol. The first-order valence-corrected chi connectivity index (χ1v) is 7.46. The number of nitrogens with zero attached hydrogens (tertiary/aromatic N) is 2. The van der Waals surface area contributed by atoms with Crippen LogP contribution < -0.4 is 5.32 Å². The molecular weight excluding hydrogens is 264 g/mol. The molecule has 0 unspecified atom stereocenters. The predicted molar refractivity (Wildman–Crippen MR) is 81.9 cm³/mol. The van der Waals surface area contributed by atoms with Crippen LogP contribution in [0.4, 0.5) is 0 Å². The Labute approximate surface area is 125 Å². The van der Waals surface area contributed by atoms with Crippen molar-refractivity contribution in [2.24, 2.45) is 0 Å². The van der Waals surface area contributed by atoms with Crippen LogP contribution in [0.5, 0.6) is 0 Å². The second-order valence-electron chi connectivity index (χ2n) is 5.13. The predicted octanol–water partition coefficient (Wildman–Crippen LogP) is 2.05. The Balaban J connectivity index is 1.71. The normalized spacial score (nSPS) is 10.5. The summed E-state index contributed by atoms with van der Waals surface area (Å²) in [5.74, 6) is 0.825. The molecule has 1 aromatic heterocycles. The van der Waals surface area contributed by atoms with Gasteiger partial charge in [0, 0.05) is 13.0 Å². The minimum atomic E-state index is 0.0378. The van der Waals surface area contributed by atoms with Crippen LogP contribution in [0.1, 0.15) is 36.7 Å². The van der Waals surface area contributed by atoms with Crippen molar-refractivity contribution < 1.29 is 4.79 Å². The van der Waals surface area contributed by atoms with Crippen LogP contribution in [0.3, 0.4) is 0 Å². The van der Waals surface area contributed by atoms with Gasteiger partial charge < -0.3 is 5.32 Å². The van der Waals surface area contributed by atoms with Gasteiger partial charge in [-0.25, -0.2) is 4.98 Å². The van der Waals surface area contributed by atoms with Crippen LogP contribution in [0.25, 0.3) is 0 Å². The zero-order chi connectivity index (χ0) is 14.9. The lowest BCUT2D eigenvalue weighted by atomic mass is 10.0. The summed E-state index contributed by atoms with van der Waals surface area (Å²) >= 11 is 0. The molecule has 0 aliphatic carbocycles. The summed E-state index contributed by atoms with van der Waals surface area (Å²) in [7, 11) is 0. The van der Waals surface area contributed by atoms with E-state index in [1.54, 1.807) is 0 Å². The Bertz CT molecular complexity index is 534. The lowest BCUT2D eigenvalue weighted by molar-refractivity contribution is -0.120. The lowest BCUT2D eigenvalue weighted by Gasteiger charge is -2.05. The average molecular weight is 286 g/mol. The van der Waals surface area contributed by atoms with Crippen molar-refractivity contribution in [2.45, 2.75) is 39.0 Å². The number of aromatic nitrogens is 3. The van der Waals surface area contributed by atoms with E-state index in [2.05, 4.69) is 39.6 Å². The second-order valence-corrected chi connectivity index (χ2v) is 5.13. The first-order valence-electron chi connectivity index (χ1n) is 7.46. The zero-order valence-electron chi connectivity index (χ0n) is 12.4. The maximum atomic E-state index is 11.8. The van der Waals surface area contributed by atoms with E-state index in [0.717, 1.165) is 17.8 Å². The maximum absolute atomic E-state index is 11.8. The number of carbonyl (C=O) groups is 1. The van der Waals surface area contributed by atoms with E-state index in [-0.39, 0.29) is 5.91 Å². The van der Waals surface area contributed by atoms with Crippen LogP contribution in [0, 0.1) is 0 Å². The van der Waals surface area contributed by atoms with Crippen molar-refractivity contribution in [2.75, 3.05) is 6.54 Å². The molecule has 0 saturated heterocycles. The van der Waals surface area contributed by atoms with Gasteiger partial charge in [0.15, 0.2) is 0 Å². The smallest absolute Gasteiger partial charge is 0.224 e. The number of amides is 1. The van der Waals surface area contributed by atoms with E-state index in [0.29, 0.717) is 19.4 Å². The molecule has 0 radical (unpaired) electrons. The molecule has 0 aliphatic rings. The summed E-state index contributed by atoms with van der Waals surface area (Å²) in [5, 5.41) is 9.43. The van der Waals surface area contributed by atoms with Gasteiger partial charge in [0.1, 0.15) is 12.2 Å². The number of H-pyrrole nitrogens is 1. The minimum Gasteiger partial charge on any atom is -0.355 e. The molecule has 0 bridgehead atoms. The quantitative estimate of drug-likeness (QED) is 0.780. The molecular formula is C16H22N4O. The van der Waals surface area contributed by atoms with Gasteiger partial charge in [0.2, 0.25) is 5.91 Å². The molecule has 0 saturated carbocycles. The number of hydrogen-bond donors (Lipinski definition) is 2. The number of carbonyl (C=O) groups excluding carboxylic acids is 1. The molecule has 1 heterocycles. The largest absolute Gasteiger partial charge is 0.355 e. The summed E-state index contributed by atoms with van der Waals surface area (Å²) < 4.78 is 0.